The SMILES string of the molecule is C=CCn1c(SCC(=O)N2CCN(c3ccccc3)CC2)nnc1[C@@H](CC(C)C)NC(=O)c1ccccc1Cl. The largest absolute Gasteiger partial charge is 0.368 e. The van der Waals surface area contributed by atoms with Crippen LogP contribution in [0.5, 0.6) is 0 Å². The number of piperazine rings is 1. The molecule has 1 atom stereocenters. The number of para-hydroxylation sites is 1. The van der Waals surface area contributed by atoms with Gasteiger partial charge in [-0.05, 0) is 36.6 Å². The first-order valence-electron chi connectivity index (χ1n) is 13.2. The molecule has 1 aliphatic rings. The lowest BCUT2D eigenvalue weighted by Crippen LogP contribution is -2.49. The van der Waals surface area contributed by atoms with Gasteiger partial charge in [-0.3, -0.25) is 9.59 Å². The summed E-state index contributed by atoms with van der Waals surface area (Å²) in [7, 11) is 0. The molecule has 1 saturated heterocycles. The molecule has 1 fully saturated rings. The first kappa shape index (κ1) is 28.7. The van der Waals surface area contributed by atoms with Crippen molar-refractivity contribution < 1.29 is 9.59 Å². The molecule has 0 saturated carbocycles. The van der Waals surface area contributed by atoms with Crippen molar-refractivity contribution in [2.24, 2.45) is 5.92 Å². The summed E-state index contributed by atoms with van der Waals surface area (Å²) in [5.74, 6) is 1.01. The van der Waals surface area contributed by atoms with Crippen LogP contribution < -0.4 is 10.2 Å². The second kappa shape index (κ2) is 13.7. The van der Waals surface area contributed by atoms with E-state index in [1.807, 2.05) is 27.7 Å². The highest BCUT2D eigenvalue weighted by molar-refractivity contribution is 7.99. The summed E-state index contributed by atoms with van der Waals surface area (Å²) >= 11 is 7.63. The Hall–Kier alpha value is -3.30. The third-order valence-electron chi connectivity index (χ3n) is 6.58. The number of amides is 2. The van der Waals surface area contributed by atoms with Crippen LogP contribution in [-0.4, -0.2) is 63.4 Å². The first-order chi connectivity index (χ1) is 18.9. The Kier molecular flexibility index (Phi) is 10.1. The summed E-state index contributed by atoms with van der Waals surface area (Å²) in [6.07, 6.45) is 2.44. The van der Waals surface area contributed by atoms with Crippen molar-refractivity contribution in [3.8, 4) is 0 Å². The van der Waals surface area contributed by atoms with Gasteiger partial charge in [0.2, 0.25) is 5.91 Å². The van der Waals surface area contributed by atoms with Crippen LogP contribution in [0, 0.1) is 5.92 Å². The number of nitrogens with one attached hydrogen (secondary N) is 1. The number of hydrogen-bond acceptors (Lipinski definition) is 6. The minimum atomic E-state index is -0.377. The van der Waals surface area contributed by atoms with Gasteiger partial charge in [0.1, 0.15) is 0 Å². The number of carbonyl (C=O) groups excluding carboxylic acids is 2. The minimum Gasteiger partial charge on any atom is -0.368 e. The third-order valence-corrected chi connectivity index (χ3v) is 7.86. The molecule has 1 aromatic heterocycles. The highest BCUT2D eigenvalue weighted by Crippen LogP contribution is 2.27. The van der Waals surface area contributed by atoms with E-state index in [0.717, 1.165) is 13.1 Å². The van der Waals surface area contributed by atoms with Gasteiger partial charge < -0.3 is 19.7 Å². The molecule has 2 heterocycles. The molecule has 2 amide bonds. The quantitative estimate of drug-likeness (QED) is 0.257. The van der Waals surface area contributed by atoms with Gasteiger partial charge in [0.25, 0.3) is 5.91 Å². The molecule has 3 aromatic rings. The van der Waals surface area contributed by atoms with E-state index in [4.69, 9.17) is 11.6 Å². The number of halogens is 1. The van der Waals surface area contributed by atoms with E-state index in [-0.39, 0.29) is 23.6 Å². The summed E-state index contributed by atoms with van der Waals surface area (Å²) < 4.78 is 1.93. The topological polar surface area (TPSA) is 83.4 Å². The lowest BCUT2D eigenvalue weighted by Gasteiger charge is -2.36. The predicted octanol–water partition coefficient (Wildman–Crippen LogP) is 5.08. The Morgan fingerprint density at radius 3 is 2.41 bits per heavy atom. The molecular formula is C29H35ClN6O2S. The monoisotopic (exact) mass is 566 g/mol. The van der Waals surface area contributed by atoms with Crippen LogP contribution in [0.25, 0.3) is 0 Å². The molecule has 0 aliphatic carbocycles. The van der Waals surface area contributed by atoms with E-state index in [1.54, 1.807) is 30.3 Å². The molecule has 10 heteroatoms. The standard InChI is InChI=1S/C29H35ClN6O2S/c1-4-14-36-27(25(19-21(2)3)31-28(38)23-12-8-9-13-24(23)30)32-33-29(36)39-20-26(37)35-17-15-34(16-18-35)22-10-6-5-7-11-22/h4-13,21,25H,1,14-20H2,2-3H3,(H,31,38)/t25-/m1/s1. The maximum atomic E-state index is 13.1. The van der Waals surface area contributed by atoms with Crippen molar-refractivity contribution in [3.05, 3.63) is 83.7 Å². The van der Waals surface area contributed by atoms with E-state index in [9.17, 15) is 9.59 Å². The normalized spacial score (nSPS) is 14.4. The van der Waals surface area contributed by atoms with E-state index in [2.05, 4.69) is 53.0 Å². The van der Waals surface area contributed by atoms with Crippen LogP contribution in [0.1, 0.15) is 42.5 Å². The molecule has 1 aliphatic heterocycles. The van der Waals surface area contributed by atoms with Crippen molar-refractivity contribution in [1.29, 1.82) is 0 Å². The Morgan fingerprint density at radius 2 is 1.74 bits per heavy atom. The van der Waals surface area contributed by atoms with E-state index in [1.165, 1.54) is 17.4 Å². The zero-order valence-electron chi connectivity index (χ0n) is 22.4. The first-order valence-corrected chi connectivity index (χ1v) is 14.5. The molecular weight excluding hydrogens is 532 g/mol. The van der Waals surface area contributed by atoms with Gasteiger partial charge >= 0.3 is 0 Å². The number of carbonyl (C=O) groups is 2. The zero-order valence-corrected chi connectivity index (χ0v) is 24.0. The van der Waals surface area contributed by atoms with Gasteiger partial charge in [0.15, 0.2) is 11.0 Å². The lowest BCUT2D eigenvalue weighted by molar-refractivity contribution is -0.128. The van der Waals surface area contributed by atoms with E-state index >= 15 is 0 Å². The van der Waals surface area contributed by atoms with Crippen molar-refractivity contribution in [1.82, 2.24) is 25.0 Å². The number of hydrogen-bond donors (Lipinski definition) is 1. The molecule has 0 spiro atoms. The van der Waals surface area contributed by atoms with Gasteiger partial charge in [-0.1, -0.05) is 73.6 Å². The Balaban J connectivity index is 1.42. The smallest absolute Gasteiger partial charge is 0.253 e. The number of anilines is 1. The molecule has 4 rings (SSSR count). The fourth-order valence-electron chi connectivity index (χ4n) is 4.62. The van der Waals surface area contributed by atoms with Gasteiger partial charge in [0.05, 0.1) is 22.4 Å². The molecule has 8 nitrogen and oxygen atoms in total. The maximum absolute atomic E-state index is 13.1. The highest BCUT2D eigenvalue weighted by atomic mass is 35.5. The maximum Gasteiger partial charge on any atom is 0.253 e. The van der Waals surface area contributed by atoms with Gasteiger partial charge in [0, 0.05) is 38.4 Å². The van der Waals surface area contributed by atoms with Gasteiger partial charge in [-0.25, -0.2) is 0 Å². The summed E-state index contributed by atoms with van der Waals surface area (Å²) in [5.41, 5.74) is 1.59. The Labute approximate surface area is 239 Å². The lowest BCUT2D eigenvalue weighted by atomic mass is 10.0. The highest BCUT2D eigenvalue weighted by Gasteiger charge is 2.26. The number of aromatic nitrogens is 3. The molecule has 0 bridgehead atoms. The predicted molar refractivity (Wildman–Crippen MR) is 157 cm³/mol. The number of allylic oxidation sites excluding steroid dienone is 1. The van der Waals surface area contributed by atoms with Crippen LogP contribution >= 0.6 is 23.4 Å². The molecule has 0 radical (unpaired) electrons. The summed E-state index contributed by atoms with van der Waals surface area (Å²) in [4.78, 5) is 30.3. The van der Waals surface area contributed by atoms with Crippen LogP contribution in [0.4, 0.5) is 5.69 Å². The van der Waals surface area contributed by atoms with E-state index in [0.29, 0.717) is 53.5 Å². The summed E-state index contributed by atoms with van der Waals surface area (Å²) in [6, 6.07) is 16.9. The molecule has 2 aromatic carbocycles. The molecule has 1 N–H and O–H groups in total. The van der Waals surface area contributed by atoms with Crippen molar-refractivity contribution in [3.63, 3.8) is 0 Å². The second-order valence-electron chi connectivity index (χ2n) is 9.87. The Morgan fingerprint density at radius 1 is 1.05 bits per heavy atom. The fraction of sp³-hybridized carbons (Fsp3) is 0.379. The zero-order chi connectivity index (χ0) is 27.8. The van der Waals surface area contributed by atoms with Crippen molar-refractivity contribution in [2.75, 3.05) is 36.8 Å². The van der Waals surface area contributed by atoms with Crippen LogP contribution in [0.15, 0.2) is 72.4 Å². The summed E-state index contributed by atoms with van der Waals surface area (Å²) in [6.45, 7) is 11.5. The Bertz CT molecular complexity index is 1270. The third kappa shape index (κ3) is 7.42. The van der Waals surface area contributed by atoms with Crippen molar-refractivity contribution >= 4 is 40.9 Å². The van der Waals surface area contributed by atoms with Crippen LogP contribution in [0.2, 0.25) is 5.02 Å². The average Bonchev–Trinajstić information content (AvgIpc) is 3.34. The number of rotatable bonds is 11. The van der Waals surface area contributed by atoms with Gasteiger partial charge in [-0.2, -0.15) is 0 Å². The molecule has 39 heavy (non-hydrogen) atoms. The van der Waals surface area contributed by atoms with Crippen LogP contribution in [0.3, 0.4) is 0 Å². The molecule has 0 unspecified atom stereocenters. The average molecular weight is 567 g/mol. The minimum absolute atomic E-state index is 0.0770. The number of benzene rings is 2. The van der Waals surface area contributed by atoms with Crippen molar-refractivity contribution in [2.45, 2.75) is 38.0 Å². The summed E-state index contributed by atoms with van der Waals surface area (Å²) in [5, 5.41) is 13.0. The second-order valence-corrected chi connectivity index (χ2v) is 11.2. The number of thioether (sulfide) groups is 1. The van der Waals surface area contributed by atoms with Gasteiger partial charge in [-0.15, -0.1) is 16.8 Å². The number of nitrogens with zero attached hydrogens (tertiary/aromatic N) is 5. The fourth-order valence-corrected chi connectivity index (χ4v) is 5.70. The van der Waals surface area contributed by atoms with Crippen LogP contribution in [-0.2, 0) is 11.3 Å². The molecule has 206 valence electrons. The van der Waals surface area contributed by atoms with E-state index < -0.39 is 0 Å².